The van der Waals surface area contributed by atoms with E-state index in [0.29, 0.717) is 30.0 Å². The summed E-state index contributed by atoms with van der Waals surface area (Å²) in [6.07, 6.45) is -4.13. The minimum absolute atomic E-state index is 0.118. The van der Waals surface area contributed by atoms with E-state index in [9.17, 15) is 21.6 Å². The van der Waals surface area contributed by atoms with E-state index in [1.807, 2.05) is 0 Å². The van der Waals surface area contributed by atoms with Crippen LogP contribution in [0.5, 0.6) is 11.6 Å². The smallest absolute Gasteiger partial charge is 0.481 e. The molecular weight excluding hydrogens is 475 g/mol. The van der Waals surface area contributed by atoms with Gasteiger partial charge in [0.2, 0.25) is 15.9 Å². The molecule has 2 aromatic rings. The summed E-state index contributed by atoms with van der Waals surface area (Å²) in [5.74, 6) is -0.143. The van der Waals surface area contributed by atoms with Gasteiger partial charge in [-0.2, -0.15) is 4.31 Å². The number of hydrogen-bond acceptors (Lipinski definition) is 7. The largest absolute Gasteiger partial charge is 0.573 e. The minimum Gasteiger partial charge on any atom is -0.481 e. The van der Waals surface area contributed by atoms with Gasteiger partial charge in [0.15, 0.2) is 0 Å². The Labute approximate surface area is 187 Å². The fraction of sp³-hybridized carbons (Fsp3) is 0.368. The number of ether oxygens (including phenoxy) is 2. The predicted molar refractivity (Wildman–Crippen MR) is 109 cm³/mol. The van der Waals surface area contributed by atoms with E-state index in [1.54, 1.807) is 12.1 Å². The van der Waals surface area contributed by atoms with Crippen molar-refractivity contribution in [3.05, 3.63) is 47.1 Å². The third-order valence-electron chi connectivity index (χ3n) is 4.46. The van der Waals surface area contributed by atoms with Gasteiger partial charge in [-0.15, -0.1) is 13.2 Å². The van der Waals surface area contributed by atoms with Gasteiger partial charge >= 0.3 is 6.36 Å². The summed E-state index contributed by atoms with van der Waals surface area (Å²) in [4.78, 5) is 9.19. The molecule has 3 rings (SSSR count). The predicted octanol–water partition coefficient (Wildman–Crippen LogP) is 4.00. The van der Waals surface area contributed by atoms with Gasteiger partial charge in [0.1, 0.15) is 17.5 Å². The lowest BCUT2D eigenvalue weighted by Crippen LogP contribution is -2.38. The first kappa shape index (κ1) is 24.1. The molecule has 0 amide bonds. The van der Waals surface area contributed by atoms with E-state index in [2.05, 4.69) is 14.9 Å². The maximum atomic E-state index is 12.7. The summed E-state index contributed by atoms with van der Waals surface area (Å²) in [5, 5.41) is 4.32. The monoisotopic (exact) mass is 493 g/mol. The van der Waals surface area contributed by atoms with Crippen LogP contribution in [0.15, 0.2) is 46.4 Å². The topological polar surface area (TPSA) is 90.3 Å². The van der Waals surface area contributed by atoms with Crippen LogP contribution in [0.25, 0.3) is 0 Å². The maximum Gasteiger partial charge on any atom is 0.573 e. The number of nitrogens with zero attached hydrogens (tertiary/aromatic N) is 3. The van der Waals surface area contributed by atoms with Gasteiger partial charge in [0, 0.05) is 37.6 Å². The van der Waals surface area contributed by atoms with Crippen molar-refractivity contribution in [1.29, 1.82) is 0 Å². The van der Waals surface area contributed by atoms with Crippen molar-refractivity contribution in [3.8, 4) is 11.6 Å². The molecule has 32 heavy (non-hydrogen) atoms. The van der Waals surface area contributed by atoms with Crippen molar-refractivity contribution in [3.63, 3.8) is 0 Å². The molecule has 174 valence electrons. The second kappa shape index (κ2) is 9.92. The fourth-order valence-corrected chi connectivity index (χ4v) is 4.61. The van der Waals surface area contributed by atoms with Crippen LogP contribution in [0.1, 0.15) is 18.4 Å². The normalized spacial score (nSPS) is 15.3. The highest BCUT2D eigenvalue weighted by Gasteiger charge is 2.32. The summed E-state index contributed by atoms with van der Waals surface area (Å²) < 4.78 is 72.3. The first-order chi connectivity index (χ1) is 15.1. The second-order valence-electron chi connectivity index (χ2n) is 6.69. The lowest BCUT2D eigenvalue weighted by Gasteiger charge is -2.26. The molecule has 0 bridgehead atoms. The molecule has 1 aliphatic heterocycles. The van der Waals surface area contributed by atoms with Crippen molar-refractivity contribution in [2.24, 2.45) is 5.16 Å². The Morgan fingerprint density at radius 2 is 1.81 bits per heavy atom. The summed E-state index contributed by atoms with van der Waals surface area (Å²) in [6, 6.07) is 7.36. The average molecular weight is 494 g/mol. The number of halogens is 4. The number of hydrogen-bond donors (Lipinski definition) is 0. The SMILES string of the molecule is COc1cc(CON=C2CCN(S(=O)(=O)c3ccc(OC(F)(F)F)cc3)CC2)cc(Cl)n1. The number of oxime groups is 1. The van der Waals surface area contributed by atoms with Crippen LogP contribution >= 0.6 is 11.6 Å². The minimum atomic E-state index is -4.85. The lowest BCUT2D eigenvalue weighted by atomic mass is 10.1. The van der Waals surface area contributed by atoms with E-state index >= 15 is 0 Å². The van der Waals surface area contributed by atoms with Crippen molar-refractivity contribution in [1.82, 2.24) is 9.29 Å². The van der Waals surface area contributed by atoms with E-state index < -0.39 is 22.1 Å². The number of piperidine rings is 1. The molecule has 0 saturated carbocycles. The first-order valence-corrected chi connectivity index (χ1v) is 11.1. The van der Waals surface area contributed by atoms with Gasteiger partial charge in [-0.25, -0.2) is 13.4 Å². The van der Waals surface area contributed by atoms with Crippen LogP contribution in [-0.2, 0) is 21.5 Å². The van der Waals surface area contributed by atoms with Crippen molar-refractivity contribution < 1.29 is 35.9 Å². The molecule has 1 aromatic carbocycles. The van der Waals surface area contributed by atoms with E-state index in [4.69, 9.17) is 21.2 Å². The standard InChI is InChI=1S/C19H19ClF3N3O5S/c1-29-18-11-13(10-17(20)24-18)12-30-25-14-6-8-26(9-7-14)32(27,28)16-4-2-15(3-5-16)31-19(21,22)23/h2-5,10-11H,6-9,12H2,1H3. The number of benzene rings is 1. The number of rotatable bonds is 7. The Kier molecular flexibility index (Phi) is 7.47. The molecule has 8 nitrogen and oxygen atoms in total. The third-order valence-corrected chi connectivity index (χ3v) is 6.57. The van der Waals surface area contributed by atoms with Gasteiger partial charge in [-0.05, 0) is 30.3 Å². The highest BCUT2D eigenvalue weighted by Crippen LogP contribution is 2.26. The molecular formula is C19H19ClF3N3O5S. The number of sulfonamides is 1. The molecule has 2 heterocycles. The second-order valence-corrected chi connectivity index (χ2v) is 9.02. The van der Waals surface area contributed by atoms with E-state index in [-0.39, 0.29) is 29.7 Å². The summed E-state index contributed by atoms with van der Waals surface area (Å²) in [7, 11) is -2.39. The molecule has 0 N–H and O–H groups in total. The highest BCUT2D eigenvalue weighted by atomic mass is 35.5. The summed E-state index contributed by atoms with van der Waals surface area (Å²) >= 11 is 5.90. The van der Waals surface area contributed by atoms with Crippen molar-refractivity contribution in [2.45, 2.75) is 30.7 Å². The average Bonchev–Trinajstić information content (AvgIpc) is 2.73. The molecule has 1 saturated heterocycles. The van der Waals surface area contributed by atoms with Crippen LogP contribution in [0.2, 0.25) is 5.15 Å². The van der Waals surface area contributed by atoms with Gasteiger partial charge in [0.05, 0.1) is 17.7 Å². The zero-order chi connectivity index (χ0) is 23.4. The number of methoxy groups -OCH3 is 1. The Balaban J connectivity index is 1.55. The Bertz CT molecular complexity index is 1070. The lowest BCUT2D eigenvalue weighted by molar-refractivity contribution is -0.274. The molecule has 0 unspecified atom stereocenters. The Morgan fingerprint density at radius 3 is 2.41 bits per heavy atom. The zero-order valence-corrected chi connectivity index (χ0v) is 18.4. The van der Waals surface area contributed by atoms with Gasteiger partial charge < -0.3 is 14.3 Å². The number of pyridine rings is 1. The Morgan fingerprint density at radius 1 is 1.16 bits per heavy atom. The molecule has 1 aliphatic rings. The molecule has 1 aromatic heterocycles. The molecule has 13 heteroatoms. The number of aromatic nitrogens is 1. The van der Waals surface area contributed by atoms with Crippen LogP contribution in [-0.4, -0.2) is 50.0 Å². The quantitative estimate of drug-likeness (QED) is 0.428. The third kappa shape index (κ3) is 6.47. The van der Waals surface area contributed by atoms with Crippen LogP contribution < -0.4 is 9.47 Å². The van der Waals surface area contributed by atoms with Crippen LogP contribution in [0, 0.1) is 0 Å². The fourth-order valence-electron chi connectivity index (χ4n) is 2.95. The molecule has 0 radical (unpaired) electrons. The summed E-state index contributed by atoms with van der Waals surface area (Å²) in [6.45, 7) is 0.469. The van der Waals surface area contributed by atoms with Gasteiger partial charge in [-0.3, -0.25) is 0 Å². The number of alkyl halides is 3. The zero-order valence-electron chi connectivity index (χ0n) is 16.8. The summed E-state index contributed by atoms with van der Waals surface area (Å²) in [5.41, 5.74) is 1.40. The first-order valence-electron chi connectivity index (χ1n) is 9.31. The van der Waals surface area contributed by atoms with Crippen molar-refractivity contribution in [2.75, 3.05) is 20.2 Å². The molecule has 0 aliphatic carbocycles. The maximum absolute atomic E-state index is 12.7. The molecule has 0 atom stereocenters. The highest BCUT2D eigenvalue weighted by molar-refractivity contribution is 7.89. The van der Waals surface area contributed by atoms with Crippen LogP contribution in [0.3, 0.4) is 0 Å². The van der Waals surface area contributed by atoms with Gasteiger partial charge in [0.25, 0.3) is 0 Å². The van der Waals surface area contributed by atoms with Gasteiger partial charge in [-0.1, -0.05) is 16.8 Å². The molecule has 1 fully saturated rings. The van der Waals surface area contributed by atoms with Crippen LogP contribution in [0.4, 0.5) is 13.2 Å². The van der Waals surface area contributed by atoms with E-state index in [1.165, 1.54) is 11.4 Å². The van der Waals surface area contributed by atoms with Crippen molar-refractivity contribution >= 4 is 27.3 Å². The Hall–Kier alpha value is -2.57. The molecule has 0 spiro atoms. The van der Waals surface area contributed by atoms with E-state index in [0.717, 1.165) is 24.3 Å².